The monoisotopic (exact) mass is 706 g/mol. The summed E-state index contributed by atoms with van der Waals surface area (Å²) in [6, 6.07) is 0. The van der Waals surface area contributed by atoms with Crippen LogP contribution in [-0.2, 0) is 14.2 Å². The van der Waals surface area contributed by atoms with Gasteiger partial charge in [0.1, 0.15) is 0 Å². The molecule has 5 heteroatoms. The van der Waals surface area contributed by atoms with Crippen LogP contribution in [0.25, 0.3) is 0 Å². The van der Waals surface area contributed by atoms with Crippen LogP contribution < -0.4 is 0 Å². The largest absolute Gasteiger partial charge is 0.554 e. The molecule has 2 radical (unpaired) electrons. The van der Waals surface area contributed by atoms with E-state index in [1.165, 1.54) is 0 Å². The number of hydrogen-bond acceptors (Lipinski definition) is 3. The van der Waals surface area contributed by atoms with Gasteiger partial charge in [-0.05, 0) is 13.3 Å². The van der Waals surface area contributed by atoms with Gasteiger partial charge >= 0.3 is 0 Å². The van der Waals surface area contributed by atoms with Crippen LogP contribution in [-0.4, -0.2) is 26.9 Å². The van der Waals surface area contributed by atoms with Crippen molar-refractivity contribution in [1.29, 1.82) is 0 Å². The van der Waals surface area contributed by atoms with Crippen molar-refractivity contribution in [2.24, 2.45) is 5.41 Å². The number of ether oxygens (including phenoxy) is 3. The summed E-state index contributed by atoms with van der Waals surface area (Å²) in [5.41, 5.74) is -0.321. The fourth-order valence-electron chi connectivity index (χ4n) is 1.04. The molecular formula is C9H16O3Rf2-2. The van der Waals surface area contributed by atoms with Crippen molar-refractivity contribution >= 4 is 0 Å². The van der Waals surface area contributed by atoms with Gasteiger partial charge in [-0.3, -0.25) is 0 Å². The average Bonchev–Trinajstić information content (AvgIpc) is 2.06. The molecule has 0 aliphatic carbocycles. The van der Waals surface area contributed by atoms with Crippen molar-refractivity contribution in [2.75, 3.05) is 26.9 Å². The van der Waals surface area contributed by atoms with Crippen LogP contribution in [0.1, 0.15) is 6.42 Å². The van der Waals surface area contributed by atoms with Crippen LogP contribution in [0, 0.1) is 26.6 Å². The van der Waals surface area contributed by atoms with E-state index in [0.29, 0.717) is 26.2 Å². The van der Waals surface area contributed by atoms with Crippen molar-refractivity contribution in [3.05, 3.63) is 21.1 Å². The van der Waals surface area contributed by atoms with E-state index < -0.39 is 0 Å². The minimum atomic E-state index is -0.321. The second-order valence-electron chi connectivity index (χ2n) is 2.83. The van der Waals surface area contributed by atoms with Crippen molar-refractivity contribution in [3.63, 3.8) is 0 Å². The van der Waals surface area contributed by atoms with E-state index in [-0.39, 0.29) is 5.41 Å². The van der Waals surface area contributed by atoms with Crippen LogP contribution in [0.2, 0.25) is 0 Å². The number of hydrogen-bond donors (Lipinski definition) is 0. The summed E-state index contributed by atoms with van der Waals surface area (Å²) in [6.45, 7) is 6.87. The summed E-state index contributed by atoms with van der Waals surface area (Å²) in [5, 5.41) is 0. The molecular weight excluding hydrogens is 690 g/mol. The van der Waals surface area contributed by atoms with Crippen LogP contribution >= 0.6 is 0 Å². The molecule has 0 atom stereocenters. The number of rotatable bonds is 7. The first-order chi connectivity index (χ1) is 5.74. The predicted octanol–water partition coefficient (Wildman–Crippen LogP) is 1.34. The zero-order chi connectivity index (χ0) is 9.45. The molecule has 76 valence electrons. The molecule has 0 rings (SSSR count). The summed E-state index contributed by atoms with van der Waals surface area (Å²) in [6.07, 6.45) is 0.422. The summed E-state index contributed by atoms with van der Waals surface area (Å²) in [4.78, 5) is 0. The molecule has 0 heterocycles. The van der Waals surface area contributed by atoms with E-state index in [0.717, 1.165) is 0 Å². The summed E-state index contributed by atoms with van der Waals surface area (Å²) in [5.74, 6) is 0. The molecule has 0 spiro atoms. The SMILES string of the molecule is [CH]CC(CO[CH2-])(CO[CH2-])COC.[Rf].[Rf]. The molecule has 14 heavy (non-hydrogen) atoms. The molecule has 0 bridgehead atoms. The quantitative estimate of drug-likeness (QED) is 0.375. The topological polar surface area (TPSA) is 27.7 Å². The van der Waals surface area contributed by atoms with Gasteiger partial charge in [0.25, 0.3) is 0 Å². The summed E-state index contributed by atoms with van der Waals surface area (Å²) >= 11 is 0. The van der Waals surface area contributed by atoms with Gasteiger partial charge in [-0.25, -0.2) is 14.2 Å². The third kappa shape index (κ3) is 4.70. The predicted molar refractivity (Wildman–Crippen MR) is 45.8 cm³/mol. The Labute approximate surface area is 75.0 Å². The maximum Gasteiger partial charge on any atom is 0.0560 e. The molecule has 0 fully saturated rings. The summed E-state index contributed by atoms with van der Waals surface area (Å²) in [7, 11) is 8.20. The molecule has 0 aromatic heterocycles. The van der Waals surface area contributed by atoms with Gasteiger partial charge in [0.15, 0.2) is 0 Å². The normalized spacial score (nSPS) is 10.3. The minimum Gasteiger partial charge on any atom is -0.554 e. The maximum atomic E-state index is 5.57. The molecule has 0 unspecified atom stereocenters. The van der Waals surface area contributed by atoms with Gasteiger partial charge in [0.2, 0.25) is 0 Å². The van der Waals surface area contributed by atoms with E-state index in [4.69, 9.17) is 21.1 Å². The van der Waals surface area contributed by atoms with Crippen molar-refractivity contribution in [3.8, 4) is 0 Å². The van der Waals surface area contributed by atoms with Crippen molar-refractivity contribution in [2.45, 2.75) is 6.42 Å². The fourth-order valence-corrected chi connectivity index (χ4v) is 1.04. The summed E-state index contributed by atoms with van der Waals surface area (Å²) < 4.78 is 14.6. The Morgan fingerprint density at radius 3 is 1.71 bits per heavy atom. The van der Waals surface area contributed by atoms with Crippen LogP contribution in [0.3, 0.4) is 0 Å². The first-order valence-electron chi connectivity index (χ1n) is 3.67. The van der Waals surface area contributed by atoms with Gasteiger partial charge in [0.05, 0.1) is 6.61 Å². The molecule has 0 N–H and O–H groups in total. The average molecular weight is 706 g/mol. The van der Waals surface area contributed by atoms with E-state index >= 15 is 0 Å². The Bertz CT molecular complexity index is 95.2. The maximum absolute atomic E-state index is 5.57. The molecule has 0 aromatic rings. The van der Waals surface area contributed by atoms with Crippen LogP contribution in [0.5, 0.6) is 0 Å². The Balaban J connectivity index is -0.000000605. The third-order valence-corrected chi connectivity index (χ3v) is 1.70. The molecule has 0 aromatic carbocycles. The van der Waals surface area contributed by atoms with Crippen LogP contribution in [0.4, 0.5) is 0 Å². The van der Waals surface area contributed by atoms with Gasteiger partial charge in [-0.2, -0.15) is 0 Å². The molecule has 3 nitrogen and oxygen atoms in total. The van der Waals surface area contributed by atoms with E-state index in [2.05, 4.69) is 14.2 Å². The van der Waals surface area contributed by atoms with E-state index in [1.54, 1.807) is 7.11 Å². The third-order valence-electron chi connectivity index (χ3n) is 1.70. The van der Waals surface area contributed by atoms with Crippen molar-refractivity contribution < 1.29 is 14.2 Å². The molecule has 0 aliphatic heterocycles. The Morgan fingerprint density at radius 2 is 1.50 bits per heavy atom. The van der Waals surface area contributed by atoms with Gasteiger partial charge in [-0.1, -0.05) is 0 Å². The Kier molecular flexibility index (Phi) is 11.4. The molecule has 0 amide bonds. The minimum absolute atomic E-state index is 0. The molecule has 0 saturated heterocycles. The van der Waals surface area contributed by atoms with Gasteiger partial charge in [-0.15, -0.1) is 0 Å². The zero-order valence-electron chi connectivity index (χ0n) is 8.96. The first-order valence-corrected chi connectivity index (χ1v) is 3.67. The Morgan fingerprint density at radius 1 is 1.07 bits per heavy atom. The smallest absolute Gasteiger partial charge is 0.0560 e. The standard InChI is InChI=1S/C9H16O3.2Rf/c1-5-9(6-10-2,7-11-3)8-12-4;;/h1H,2-3,5-8H2,4H3;;/q-2;;. The second-order valence-corrected chi connectivity index (χ2v) is 2.83. The zero-order valence-corrected chi connectivity index (χ0v) is 21.8. The van der Waals surface area contributed by atoms with Gasteiger partial charge < -0.3 is 14.2 Å². The molecule has 0 aliphatic rings. The fraction of sp³-hybridized carbons (Fsp3) is 0.667. The van der Waals surface area contributed by atoms with E-state index in [9.17, 15) is 0 Å². The van der Waals surface area contributed by atoms with Gasteiger partial charge in [0, 0.05) is 25.7 Å². The van der Waals surface area contributed by atoms with Crippen LogP contribution in [0.15, 0.2) is 0 Å². The Hall–Kier alpha value is -2.12. The second kappa shape index (κ2) is 8.97. The first kappa shape index (κ1) is 17.8. The van der Waals surface area contributed by atoms with E-state index in [1.807, 2.05) is 0 Å². The molecule has 0 saturated carbocycles. The number of methoxy groups -OCH3 is 1. The van der Waals surface area contributed by atoms with Crippen molar-refractivity contribution in [1.82, 2.24) is 0 Å².